The predicted molar refractivity (Wildman–Crippen MR) is 129 cm³/mol. The molecule has 3 heterocycles. The number of amides is 2. The van der Waals surface area contributed by atoms with E-state index in [0.717, 1.165) is 70.5 Å². The minimum atomic E-state index is 0.103. The van der Waals surface area contributed by atoms with Gasteiger partial charge in [-0.2, -0.15) is 0 Å². The number of carbonyl (C=O) groups is 2. The molecule has 32 heavy (non-hydrogen) atoms. The van der Waals surface area contributed by atoms with Crippen molar-refractivity contribution in [2.45, 2.75) is 77.2 Å². The molecule has 0 aromatic heterocycles. The van der Waals surface area contributed by atoms with E-state index in [1.807, 2.05) is 17.0 Å². The second-order valence-corrected chi connectivity index (χ2v) is 11.0. The van der Waals surface area contributed by atoms with Crippen LogP contribution in [0.1, 0.15) is 81.6 Å². The minimum absolute atomic E-state index is 0.103. The van der Waals surface area contributed by atoms with Crippen molar-refractivity contribution in [3.05, 3.63) is 35.4 Å². The summed E-state index contributed by atoms with van der Waals surface area (Å²) in [5, 5.41) is 0. The summed E-state index contributed by atoms with van der Waals surface area (Å²) in [7, 11) is 0. The molecular weight excluding hydrogens is 398 g/mol. The van der Waals surface area contributed by atoms with Crippen LogP contribution in [0.3, 0.4) is 0 Å². The second kappa shape index (κ2) is 9.94. The van der Waals surface area contributed by atoms with Crippen molar-refractivity contribution in [2.75, 3.05) is 39.3 Å². The third-order valence-electron chi connectivity index (χ3n) is 7.81. The van der Waals surface area contributed by atoms with Gasteiger partial charge in [-0.1, -0.05) is 32.9 Å². The van der Waals surface area contributed by atoms with Crippen LogP contribution in [0.15, 0.2) is 24.3 Å². The number of likely N-dealkylation sites (tertiary alicyclic amines) is 3. The first-order chi connectivity index (χ1) is 15.3. The van der Waals surface area contributed by atoms with E-state index in [4.69, 9.17) is 0 Å². The molecule has 4 rings (SSSR count). The smallest absolute Gasteiger partial charge is 0.253 e. The third-order valence-corrected chi connectivity index (χ3v) is 7.81. The number of hydrogen-bond donors (Lipinski definition) is 0. The van der Waals surface area contributed by atoms with Crippen LogP contribution in [0.5, 0.6) is 0 Å². The van der Waals surface area contributed by atoms with Crippen LogP contribution in [0.25, 0.3) is 0 Å². The van der Waals surface area contributed by atoms with Gasteiger partial charge in [0, 0.05) is 43.7 Å². The Balaban J connectivity index is 1.23. The van der Waals surface area contributed by atoms with Crippen LogP contribution in [0.4, 0.5) is 0 Å². The highest BCUT2D eigenvalue weighted by molar-refractivity contribution is 5.94. The average Bonchev–Trinajstić information content (AvgIpc) is 2.83. The van der Waals surface area contributed by atoms with Crippen molar-refractivity contribution in [3.63, 3.8) is 0 Å². The largest absolute Gasteiger partial charge is 0.342 e. The first kappa shape index (κ1) is 23.3. The molecule has 0 spiro atoms. The fraction of sp³-hybridized carbons (Fsp3) is 0.704. The first-order valence-corrected chi connectivity index (χ1v) is 12.8. The van der Waals surface area contributed by atoms with E-state index < -0.39 is 0 Å². The lowest BCUT2D eigenvalue weighted by molar-refractivity contribution is -0.138. The van der Waals surface area contributed by atoms with Gasteiger partial charge in [0.05, 0.1) is 0 Å². The Morgan fingerprint density at radius 3 is 1.91 bits per heavy atom. The van der Waals surface area contributed by atoms with Gasteiger partial charge in [-0.05, 0) is 81.1 Å². The van der Waals surface area contributed by atoms with Gasteiger partial charge >= 0.3 is 0 Å². The van der Waals surface area contributed by atoms with Crippen LogP contribution in [0, 0.1) is 5.92 Å². The fourth-order valence-electron chi connectivity index (χ4n) is 5.61. The summed E-state index contributed by atoms with van der Waals surface area (Å²) in [6.07, 6.45) is 7.67. The van der Waals surface area contributed by atoms with Crippen LogP contribution in [-0.4, -0.2) is 71.8 Å². The van der Waals surface area contributed by atoms with Crippen LogP contribution >= 0.6 is 0 Å². The molecule has 0 atom stereocenters. The zero-order chi connectivity index (χ0) is 22.7. The van der Waals surface area contributed by atoms with E-state index in [1.54, 1.807) is 0 Å². The highest BCUT2D eigenvalue weighted by Crippen LogP contribution is 2.27. The SMILES string of the molecule is CC(C)(C)c1ccc(C(=O)N2CCC(N3CCC(C(=O)N4CCCCC4)CC3)CC2)cc1. The minimum Gasteiger partial charge on any atom is -0.342 e. The van der Waals surface area contributed by atoms with E-state index in [1.165, 1.54) is 24.8 Å². The number of hydrogen-bond acceptors (Lipinski definition) is 3. The van der Waals surface area contributed by atoms with Crippen molar-refractivity contribution in [3.8, 4) is 0 Å². The van der Waals surface area contributed by atoms with Crippen LogP contribution in [-0.2, 0) is 10.2 Å². The molecule has 5 nitrogen and oxygen atoms in total. The van der Waals surface area contributed by atoms with Crippen molar-refractivity contribution in [1.29, 1.82) is 0 Å². The molecule has 3 fully saturated rings. The Hall–Kier alpha value is -1.88. The molecule has 1 aromatic rings. The molecule has 0 aliphatic carbocycles. The summed E-state index contributed by atoms with van der Waals surface area (Å²) in [6.45, 7) is 12.2. The Morgan fingerprint density at radius 1 is 0.750 bits per heavy atom. The maximum Gasteiger partial charge on any atom is 0.253 e. The number of carbonyl (C=O) groups excluding carboxylic acids is 2. The molecule has 2 amide bonds. The Bertz CT molecular complexity index is 776. The number of benzene rings is 1. The zero-order valence-electron chi connectivity index (χ0n) is 20.3. The first-order valence-electron chi connectivity index (χ1n) is 12.8. The highest BCUT2D eigenvalue weighted by Gasteiger charge is 2.33. The summed E-state index contributed by atoms with van der Waals surface area (Å²) in [4.78, 5) is 32.5. The molecule has 0 bridgehead atoms. The van der Waals surface area contributed by atoms with E-state index in [2.05, 4.69) is 42.7 Å². The fourth-order valence-corrected chi connectivity index (χ4v) is 5.61. The zero-order valence-corrected chi connectivity index (χ0v) is 20.3. The number of piperidine rings is 3. The topological polar surface area (TPSA) is 43.9 Å². The molecule has 3 saturated heterocycles. The number of nitrogens with zero attached hydrogens (tertiary/aromatic N) is 3. The van der Waals surface area contributed by atoms with Crippen molar-refractivity contribution < 1.29 is 9.59 Å². The summed E-state index contributed by atoms with van der Waals surface area (Å²) in [5.74, 6) is 0.791. The van der Waals surface area contributed by atoms with Crippen molar-refractivity contribution in [1.82, 2.24) is 14.7 Å². The van der Waals surface area contributed by atoms with E-state index in [9.17, 15) is 9.59 Å². The van der Waals surface area contributed by atoms with E-state index >= 15 is 0 Å². The molecule has 0 unspecified atom stereocenters. The lowest BCUT2D eigenvalue weighted by Gasteiger charge is -2.42. The molecule has 3 aliphatic heterocycles. The Morgan fingerprint density at radius 2 is 1.34 bits per heavy atom. The number of rotatable bonds is 3. The molecular formula is C27H41N3O2. The molecule has 5 heteroatoms. The predicted octanol–water partition coefficient (Wildman–Crippen LogP) is 4.31. The summed E-state index contributed by atoms with van der Waals surface area (Å²) in [5.41, 5.74) is 2.16. The second-order valence-electron chi connectivity index (χ2n) is 11.0. The molecule has 176 valence electrons. The molecule has 0 saturated carbocycles. The average molecular weight is 440 g/mol. The van der Waals surface area contributed by atoms with Gasteiger partial charge in [-0.15, -0.1) is 0 Å². The van der Waals surface area contributed by atoms with Gasteiger partial charge in [0.25, 0.3) is 5.91 Å². The maximum atomic E-state index is 13.0. The summed E-state index contributed by atoms with van der Waals surface area (Å²) >= 11 is 0. The van der Waals surface area contributed by atoms with E-state index in [-0.39, 0.29) is 17.2 Å². The van der Waals surface area contributed by atoms with Gasteiger partial charge in [-0.25, -0.2) is 0 Å². The highest BCUT2D eigenvalue weighted by atomic mass is 16.2. The van der Waals surface area contributed by atoms with Gasteiger partial charge in [0.1, 0.15) is 0 Å². The van der Waals surface area contributed by atoms with E-state index in [0.29, 0.717) is 11.9 Å². The Labute approximate surface area is 194 Å². The van der Waals surface area contributed by atoms with Gasteiger partial charge in [-0.3, -0.25) is 9.59 Å². The van der Waals surface area contributed by atoms with Gasteiger partial charge in [0.15, 0.2) is 0 Å². The van der Waals surface area contributed by atoms with Crippen LogP contribution < -0.4 is 0 Å². The Kier molecular flexibility index (Phi) is 7.24. The molecule has 0 N–H and O–H groups in total. The quantitative estimate of drug-likeness (QED) is 0.705. The van der Waals surface area contributed by atoms with Crippen LogP contribution in [0.2, 0.25) is 0 Å². The normalized spacial score (nSPS) is 22.2. The molecule has 3 aliphatic rings. The lowest BCUT2D eigenvalue weighted by atomic mass is 9.86. The third kappa shape index (κ3) is 5.36. The lowest BCUT2D eigenvalue weighted by Crippen LogP contribution is -2.50. The van der Waals surface area contributed by atoms with Crippen molar-refractivity contribution in [2.24, 2.45) is 5.92 Å². The summed E-state index contributed by atoms with van der Waals surface area (Å²) < 4.78 is 0. The van der Waals surface area contributed by atoms with Gasteiger partial charge in [0.2, 0.25) is 5.91 Å². The maximum absolute atomic E-state index is 13.0. The molecule has 1 aromatic carbocycles. The van der Waals surface area contributed by atoms with Gasteiger partial charge < -0.3 is 14.7 Å². The monoisotopic (exact) mass is 439 g/mol. The molecule has 0 radical (unpaired) electrons. The summed E-state index contributed by atoms with van der Waals surface area (Å²) in [6, 6.07) is 8.71. The standard InChI is InChI=1S/C27H41N3O2/c1-27(2,3)23-9-7-21(8-10-23)25(31)30-19-13-24(14-20-30)28-17-11-22(12-18-28)26(32)29-15-5-4-6-16-29/h7-10,22,24H,4-6,11-20H2,1-3H3. The van der Waals surface area contributed by atoms with Crippen molar-refractivity contribution >= 4 is 11.8 Å².